The van der Waals surface area contributed by atoms with Crippen molar-refractivity contribution >= 4 is 11.6 Å². The Kier molecular flexibility index (Phi) is 4.11. The molecule has 0 radical (unpaired) electrons. The number of anilines is 1. The molecule has 1 heterocycles. The summed E-state index contributed by atoms with van der Waals surface area (Å²) >= 11 is 0. The molecule has 1 amide bonds. The molecule has 0 fully saturated rings. The smallest absolute Gasteiger partial charge is 0.233 e. The molecule has 0 bridgehead atoms. The summed E-state index contributed by atoms with van der Waals surface area (Å²) in [4.78, 5) is 12.6. The van der Waals surface area contributed by atoms with Crippen LogP contribution in [0, 0.1) is 6.92 Å². The number of benzene rings is 2. The highest BCUT2D eigenvalue weighted by Gasteiger charge is 2.26. The van der Waals surface area contributed by atoms with Crippen LogP contribution in [0.4, 0.5) is 5.69 Å². The summed E-state index contributed by atoms with van der Waals surface area (Å²) < 4.78 is 5.13. The molecule has 4 heteroatoms. The Hall–Kier alpha value is -2.33. The summed E-state index contributed by atoms with van der Waals surface area (Å²) in [5.74, 6) is 0.632. The molecule has 22 heavy (non-hydrogen) atoms. The number of fused-ring (bicyclic) bond motifs is 1. The molecule has 3 rings (SSSR count). The Balaban J connectivity index is 1.78. The third-order valence-corrected chi connectivity index (χ3v) is 4.01. The highest BCUT2D eigenvalue weighted by Crippen LogP contribution is 2.26. The van der Waals surface area contributed by atoms with Crippen molar-refractivity contribution < 1.29 is 9.53 Å². The van der Waals surface area contributed by atoms with Crippen LogP contribution in [0.5, 0.6) is 5.75 Å². The van der Waals surface area contributed by atoms with Gasteiger partial charge in [-0.2, -0.15) is 0 Å². The summed E-state index contributed by atoms with van der Waals surface area (Å²) in [6, 6.07) is 13.7. The molecule has 1 atom stereocenters. The van der Waals surface area contributed by atoms with Crippen molar-refractivity contribution in [2.45, 2.75) is 19.4 Å². The summed E-state index contributed by atoms with van der Waals surface area (Å²) in [6.45, 7) is 3.56. The van der Waals surface area contributed by atoms with Gasteiger partial charge in [0.05, 0.1) is 13.0 Å². The number of ether oxygens (including phenoxy) is 1. The van der Waals surface area contributed by atoms with Crippen LogP contribution in [0.3, 0.4) is 0 Å². The van der Waals surface area contributed by atoms with Crippen LogP contribution in [0.2, 0.25) is 0 Å². The molecule has 1 unspecified atom stereocenters. The van der Waals surface area contributed by atoms with Gasteiger partial charge in [-0.15, -0.1) is 0 Å². The van der Waals surface area contributed by atoms with Gasteiger partial charge in [-0.05, 0) is 42.3 Å². The van der Waals surface area contributed by atoms with Crippen LogP contribution in [-0.2, 0) is 11.3 Å². The van der Waals surface area contributed by atoms with Crippen LogP contribution < -0.4 is 15.4 Å². The monoisotopic (exact) mass is 296 g/mol. The predicted octanol–water partition coefficient (Wildman–Crippen LogP) is 2.83. The highest BCUT2D eigenvalue weighted by atomic mass is 16.5. The first kappa shape index (κ1) is 14.6. The average molecular weight is 296 g/mol. The molecule has 4 nitrogen and oxygen atoms in total. The van der Waals surface area contributed by atoms with Gasteiger partial charge >= 0.3 is 0 Å². The first-order valence-electron chi connectivity index (χ1n) is 7.42. The largest absolute Gasteiger partial charge is 0.497 e. The van der Waals surface area contributed by atoms with Gasteiger partial charge in [-0.3, -0.25) is 4.79 Å². The molecule has 0 saturated heterocycles. The van der Waals surface area contributed by atoms with Crippen LogP contribution in [0.25, 0.3) is 0 Å². The minimum Gasteiger partial charge on any atom is -0.497 e. The van der Waals surface area contributed by atoms with Crippen LogP contribution in [0.1, 0.15) is 22.6 Å². The van der Waals surface area contributed by atoms with Gasteiger partial charge in [-0.1, -0.05) is 23.8 Å². The lowest BCUT2D eigenvalue weighted by molar-refractivity contribution is -0.117. The van der Waals surface area contributed by atoms with Crippen LogP contribution >= 0.6 is 0 Å². The van der Waals surface area contributed by atoms with E-state index in [1.54, 1.807) is 7.11 Å². The number of carbonyl (C=O) groups excluding carboxylic acids is 1. The number of hydrogen-bond acceptors (Lipinski definition) is 3. The number of methoxy groups -OCH3 is 1. The zero-order chi connectivity index (χ0) is 15.5. The molecular weight excluding hydrogens is 276 g/mol. The van der Waals surface area contributed by atoms with E-state index in [9.17, 15) is 4.79 Å². The van der Waals surface area contributed by atoms with Gasteiger partial charge in [-0.25, -0.2) is 0 Å². The Morgan fingerprint density at radius 1 is 1.23 bits per heavy atom. The number of rotatable bonds is 3. The molecule has 0 aliphatic carbocycles. The van der Waals surface area contributed by atoms with Crippen molar-refractivity contribution in [3.05, 3.63) is 59.2 Å². The molecule has 0 spiro atoms. The Morgan fingerprint density at radius 3 is 2.73 bits per heavy atom. The molecule has 0 aromatic heterocycles. The van der Waals surface area contributed by atoms with Gasteiger partial charge in [0.15, 0.2) is 0 Å². The van der Waals surface area contributed by atoms with Crippen molar-refractivity contribution in [3.8, 4) is 5.75 Å². The minimum absolute atomic E-state index is 0.0162. The average Bonchev–Trinajstić information content (AvgIpc) is 2.54. The van der Waals surface area contributed by atoms with Gasteiger partial charge in [0.25, 0.3) is 0 Å². The molecule has 0 saturated carbocycles. The van der Waals surface area contributed by atoms with E-state index >= 15 is 0 Å². The Labute approximate surface area is 130 Å². The molecule has 2 aromatic rings. The second-order valence-electron chi connectivity index (χ2n) is 5.60. The third kappa shape index (κ3) is 2.97. The summed E-state index contributed by atoms with van der Waals surface area (Å²) in [5.41, 5.74) is 4.33. The normalized spacial score (nSPS) is 16.7. The SMILES string of the molecule is COc1ccc(NC(=O)C2CNCc3cc(C)ccc32)cc1. The molecule has 1 aliphatic rings. The van der Waals surface area contributed by atoms with Gasteiger partial charge < -0.3 is 15.4 Å². The first-order valence-corrected chi connectivity index (χ1v) is 7.42. The number of amides is 1. The maximum Gasteiger partial charge on any atom is 0.233 e. The fourth-order valence-corrected chi connectivity index (χ4v) is 2.83. The number of aryl methyl sites for hydroxylation is 1. The van der Waals surface area contributed by atoms with Crippen LogP contribution in [-0.4, -0.2) is 19.6 Å². The predicted molar refractivity (Wildman–Crippen MR) is 87.3 cm³/mol. The lowest BCUT2D eigenvalue weighted by Gasteiger charge is -2.26. The van der Waals surface area contributed by atoms with Crippen molar-refractivity contribution in [2.75, 3.05) is 19.0 Å². The van der Waals surface area contributed by atoms with E-state index in [1.807, 2.05) is 24.3 Å². The molecule has 2 aromatic carbocycles. The van der Waals surface area contributed by atoms with E-state index in [2.05, 4.69) is 35.8 Å². The molecular formula is C18H20N2O2. The number of carbonyl (C=O) groups is 1. The fraction of sp³-hybridized carbons (Fsp3) is 0.278. The Bertz CT molecular complexity index is 680. The maximum atomic E-state index is 12.6. The van der Waals surface area contributed by atoms with E-state index < -0.39 is 0 Å². The van der Waals surface area contributed by atoms with E-state index in [0.29, 0.717) is 6.54 Å². The zero-order valence-corrected chi connectivity index (χ0v) is 12.8. The number of nitrogens with one attached hydrogen (secondary N) is 2. The lowest BCUT2D eigenvalue weighted by atomic mass is 9.89. The molecule has 114 valence electrons. The van der Waals surface area contributed by atoms with Crippen molar-refractivity contribution in [2.24, 2.45) is 0 Å². The minimum atomic E-state index is -0.161. The highest BCUT2D eigenvalue weighted by molar-refractivity contribution is 5.96. The van der Waals surface area contributed by atoms with Gasteiger partial charge in [0.2, 0.25) is 5.91 Å². The van der Waals surface area contributed by atoms with E-state index in [1.165, 1.54) is 11.1 Å². The maximum absolute atomic E-state index is 12.6. The van der Waals surface area contributed by atoms with Crippen molar-refractivity contribution in [1.29, 1.82) is 0 Å². The van der Waals surface area contributed by atoms with Crippen molar-refractivity contribution in [3.63, 3.8) is 0 Å². The second kappa shape index (κ2) is 6.20. The zero-order valence-electron chi connectivity index (χ0n) is 12.8. The summed E-state index contributed by atoms with van der Waals surface area (Å²) in [6.07, 6.45) is 0. The second-order valence-corrected chi connectivity index (χ2v) is 5.60. The fourth-order valence-electron chi connectivity index (χ4n) is 2.83. The quantitative estimate of drug-likeness (QED) is 0.915. The topological polar surface area (TPSA) is 50.4 Å². The molecule has 1 aliphatic heterocycles. The summed E-state index contributed by atoms with van der Waals surface area (Å²) in [5, 5.41) is 6.31. The van der Waals surface area contributed by atoms with Gasteiger partial charge in [0, 0.05) is 18.8 Å². The van der Waals surface area contributed by atoms with E-state index in [-0.39, 0.29) is 11.8 Å². The van der Waals surface area contributed by atoms with E-state index in [0.717, 1.165) is 23.5 Å². The summed E-state index contributed by atoms with van der Waals surface area (Å²) in [7, 11) is 1.63. The Morgan fingerprint density at radius 2 is 2.00 bits per heavy atom. The lowest BCUT2D eigenvalue weighted by Crippen LogP contribution is -2.35. The first-order chi connectivity index (χ1) is 10.7. The standard InChI is InChI=1S/C18H20N2O2/c1-12-3-8-16-13(9-12)10-19-11-17(16)18(21)20-14-4-6-15(22-2)7-5-14/h3-9,17,19H,10-11H2,1-2H3,(H,20,21). The van der Waals surface area contributed by atoms with Gasteiger partial charge in [0.1, 0.15) is 5.75 Å². The van der Waals surface area contributed by atoms with Crippen molar-refractivity contribution in [1.82, 2.24) is 5.32 Å². The van der Waals surface area contributed by atoms with E-state index in [4.69, 9.17) is 4.74 Å². The molecule has 2 N–H and O–H groups in total. The van der Waals surface area contributed by atoms with Crippen LogP contribution in [0.15, 0.2) is 42.5 Å². The third-order valence-electron chi connectivity index (χ3n) is 4.01. The number of hydrogen-bond donors (Lipinski definition) is 2.